The Kier molecular flexibility index (Phi) is 7.88. The number of benzene rings is 2. The summed E-state index contributed by atoms with van der Waals surface area (Å²) in [4.78, 5) is 0. The number of hydrogen-bond donors (Lipinski definition) is 0. The molecule has 0 atom stereocenters. The molecule has 0 spiro atoms. The van der Waals surface area contributed by atoms with Gasteiger partial charge in [0, 0.05) is 5.56 Å². The molecule has 0 unspecified atom stereocenters. The average Bonchev–Trinajstić information content (AvgIpc) is 2.65. The first kappa shape index (κ1) is 24.6. The van der Waals surface area contributed by atoms with Crippen molar-refractivity contribution in [2.75, 3.05) is 13.2 Å². The molecule has 0 heterocycles. The molecule has 2 aromatic rings. The van der Waals surface area contributed by atoms with Crippen molar-refractivity contribution in [2.24, 2.45) is 0 Å². The number of ether oxygens (including phenoxy) is 1. The van der Waals surface area contributed by atoms with Gasteiger partial charge in [0.25, 0.3) is 0 Å². The van der Waals surface area contributed by atoms with Gasteiger partial charge in [-0.2, -0.15) is 0 Å². The van der Waals surface area contributed by atoms with Gasteiger partial charge in [0.1, 0.15) is 18.2 Å². The van der Waals surface area contributed by atoms with Crippen LogP contribution in [-0.2, 0) is 4.43 Å². The second kappa shape index (κ2) is 9.62. The highest BCUT2D eigenvalue weighted by molar-refractivity contribution is 6.94. The van der Waals surface area contributed by atoms with Gasteiger partial charge < -0.3 is 9.16 Å². The van der Waals surface area contributed by atoms with Crippen LogP contribution in [0.4, 0.5) is 4.39 Å². The molecular weight excluding hydrogens is 407 g/mol. The van der Waals surface area contributed by atoms with E-state index in [9.17, 15) is 0 Å². The summed E-state index contributed by atoms with van der Waals surface area (Å²) in [5, 5.41) is 1.03. The fourth-order valence-electron chi connectivity index (χ4n) is 3.01. The Bertz CT molecular complexity index is 845. The Hall–Kier alpha value is -1.70. The second-order valence-electron chi connectivity index (χ2n) is 10.3. The lowest BCUT2D eigenvalue weighted by Gasteiger charge is -2.36. The number of rotatable bonds is 8. The van der Waals surface area contributed by atoms with E-state index in [1.165, 1.54) is 0 Å². The monoisotopic (exact) mass is 444 g/mol. The standard InChI is InChI=1S/C25H37FO2Si2/c1-25(2,3)30(7,8)28-19-18-27-22-16-14-21(15-17-22)24(29(4,5)6)23(26)20-12-10-9-11-13-20/h9-17H,18-19H2,1-8H3/b24-23-. The highest BCUT2D eigenvalue weighted by Crippen LogP contribution is 2.37. The second-order valence-corrected chi connectivity index (χ2v) is 20.1. The van der Waals surface area contributed by atoms with Crippen LogP contribution in [-0.4, -0.2) is 29.6 Å². The topological polar surface area (TPSA) is 18.5 Å². The smallest absolute Gasteiger partial charge is 0.192 e. The lowest BCUT2D eigenvalue weighted by Crippen LogP contribution is -2.41. The minimum absolute atomic E-state index is 0.119. The minimum Gasteiger partial charge on any atom is -0.491 e. The van der Waals surface area contributed by atoms with Gasteiger partial charge in [-0.15, -0.1) is 0 Å². The van der Waals surface area contributed by atoms with E-state index in [1.54, 1.807) is 0 Å². The van der Waals surface area contributed by atoms with Crippen molar-refractivity contribution in [3.63, 3.8) is 0 Å². The predicted octanol–water partition coefficient (Wildman–Crippen LogP) is 7.80. The first-order valence-electron chi connectivity index (χ1n) is 10.7. The molecule has 0 N–H and O–H groups in total. The molecule has 0 radical (unpaired) electrons. The summed E-state index contributed by atoms with van der Waals surface area (Å²) in [7, 11) is -3.67. The van der Waals surface area contributed by atoms with Crippen molar-refractivity contribution in [3.8, 4) is 5.75 Å². The number of hydrogen-bond acceptors (Lipinski definition) is 2. The maximum Gasteiger partial charge on any atom is 0.192 e. The minimum atomic E-state index is -1.91. The van der Waals surface area contributed by atoms with Crippen LogP contribution in [0.25, 0.3) is 11.0 Å². The van der Waals surface area contributed by atoms with Gasteiger partial charge in [-0.25, -0.2) is 4.39 Å². The molecule has 2 rings (SSSR count). The van der Waals surface area contributed by atoms with Crippen LogP contribution in [0.5, 0.6) is 5.75 Å². The highest BCUT2D eigenvalue weighted by atomic mass is 28.4. The van der Waals surface area contributed by atoms with E-state index in [4.69, 9.17) is 9.16 Å². The van der Waals surface area contributed by atoms with Crippen molar-refractivity contribution in [2.45, 2.75) is 58.5 Å². The molecule has 0 saturated heterocycles. The van der Waals surface area contributed by atoms with Gasteiger partial charge in [0.2, 0.25) is 0 Å². The van der Waals surface area contributed by atoms with Crippen LogP contribution < -0.4 is 4.74 Å². The van der Waals surface area contributed by atoms with Crippen LogP contribution in [0, 0.1) is 0 Å². The Balaban J connectivity index is 2.11. The van der Waals surface area contributed by atoms with Gasteiger partial charge in [0.15, 0.2) is 8.32 Å². The third kappa shape index (κ3) is 6.40. The quantitative estimate of drug-likeness (QED) is 0.235. The van der Waals surface area contributed by atoms with Gasteiger partial charge in [0.05, 0.1) is 14.7 Å². The first-order valence-corrected chi connectivity index (χ1v) is 17.1. The van der Waals surface area contributed by atoms with E-state index in [1.807, 2.05) is 54.6 Å². The molecule has 2 aromatic carbocycles. The molecule has 30 heavy (non-hydrogen) atoms. The highest BCUT2D eigenvalue weighted by Gasteiger charge is 2.36. The summed E-state index contributed by atoms with van der Waals surface area (Å²) < 4.78 is 27.5. The molecule has 0 amide bonds. The molecule has 0 aliphatic rings. The SMILES string of the molecule is CC(C)(C)[Si](C)(C)OCCOc1ccc(/C(=C(/F)c2ccccc2)[Si](C)(C)C)cc1. The molecule has 164 valence electrons. The largest absolute Gasteiger partial charge is 0.491 e. The lowest BCUT2D eigenvalue weighted by atomic mass is 10.1. The summed E-state index contributed by atoms with van der Waals surface area (Å²) in [5.41, 5.74) is 1.57. The summed E-state index contributed by atoms with van der Waals surface area (Å²) in [6.07, 6.45) is 0. The van der Waals surface area contributed by atoms with Gasteiger partial charge >= 0.3 is 0 Å². The molecule has 0 saturated carbocycles. The molecule has 0 aliphatic carbocycles. The zero-order valence-electron chi connectivity index (χ0n) is 19.8. The summed E-state index contributed by atoms with van der Waals surface area (Å²) in [6, 6.07) is 17.1. The normalized spacial score (nSPS) is 13.8. The van der Waals surface area contributed by atoms with E-state index < -0.39 is 16.4 Å². The van der Waals surface area contributed by atoms with Crippen LogP contribution in [0.3, 0.4) is 0 Å². The van der Waals surface area contributed by atoms with Gasteiger partial charge in [-0.1, -0.05) is 82.9 Å². The summed E-state index contributed by atoms with van der Waals surface area (Å²) >= 11 is 0. The van der Waals surface area contributed by atoms with Crippen molar-refractivity contribution in [1.82, 2.24) is 0 Å². The van der Waals surface area contributed by atoms with E-state index in [2.05, 4.69) is 53.5 Å². The fourth-order valence-corrected chi connectivity index (χ4v) is 5.87. The fraction of sp³-hybridized carbons (Fsp3) is 0.440. The Labute approximate surface area is 184 Å². The predicted molar refractivity (Wildman–Crippen MR) is 133 cm³/mol. The molecule has 0 fully saturated rings. The van der Waals surface area contributed by atoms with Crippen molar-refractivity contribution >= 4 is 27.4 Å². The Morgan fingerprint density at radius 1 is 0.800 bits per heavy atom. The zero-order chi connectivity index (χ0) is 22.6. The third-order valence-electron chi connectivity index (χ3n) is 5.76. The molecule has 0 aromatic heterocycles. The molecule has 0 aliphatic heterocycles. The van der Waals surface area contributed by atoms with E-state index >= 15 is 4.39 Å². The maximum absolute atomic E-state index is 15.4. The van der Waals surface area contributed by atoms with Crippen LogP contribution in [0.2, 0.25) is 37.8 Å². The molecule has 5 heteroatoms. The molecule has 2 nitrogen and oxygen atoms in total. The first-order chi connectivity index (χ1) is 13.8. The van der Waals surface area contributed by atoms with Crippen LogP contribution >= 0.6 is 0 Å². The Morgan fingerprint density at radius 3 is 1.87 bits per heavy atom. The molecule has 0 bridgehead atoms. The van der Waals surface area contributed by atoms with Crippen molar-refractivity contribution in [3.05, 3.63) is 65.7 Å². The van der Waals surface area contributed by atoms with E-state index in [0.29, 0.717) is 18.8 Å². The summed E-state index contributed by atoms with van der Waals surface area (Å²) in [5.74, 6) is 0.666. The lowest BCUT2D eigenvalue weighted by molar-refractivity contribution is 0.203. The van der Waals surface area contributed by atoms with Gasteiger partial charge in [-0.05, 0) is 41.0 Å². The zero-order valence-corrected chi connectivity index (χ0v) is 21.8. The third-order valence-corrected chi connectivity index (χ3v) is 12.3. The van der Waals surface area contributed by atoms with Crippen LogP contribution in [0.15, 0.2) is 54.6 Å². The van der Waals surface area contributed by atoms with Crippen LogP contribution in [0.1, 0.15) is 31.9 Å². The van der Waals surface area contributed by atoms with Gasteiger partial charge in [-0.3, -0.25) is 0 Å². The van der Waals surface area contributed by atoms with E-state index in [0.717, 1.165) is 16.5 Å². The number of halogens is 1. The van der Waals surface area contributed by atoms with Crippen molar-refractivity contribution < 1.29 is 13.6 Å². The van der Waals surface area contributed by atoms with Crippen molar-refractivity contribution in [1.29, 1.82) is 0 Å². The summed E-state index contributed by atoms with van der Waals surface area (Å²) in [6.45, 7) is 18.8. The molecular formula is C25H37FO2Si2. The van der Waals surface area contributed by atoms with E-state index in [-0.39, 0.29) is 10.9 Å². The average molecular weight is 445 g/mol. The maximum atomic E-state index is 15.4. The Morgan fingerprint density at radius 2 is 1.37 bits per heavy atom.